The van der Waals surface area contributed by atoms with Crippen LogP contribution < -0.4 is 0 Å². The summed E-state index contributed by atoms with van der Waals surface area (Å²) in [6, 6.07) is 2.02. The van der Waals surface area contributed by atoms with Crippen LogP contribution in [0.15, 0.2) is 12.3 Å². The third kappa shape index (κ3) is 3.50. The van der Waals surface area contributed by atoms with Gasteiger partial charge in [-0.3, -0.25) is 9.48 Å². The molecule has 0 radical (unpaired) electrons. The van der Waals surface area contributed by atoms with Crippen LogP contribution in [0.4, 0.5) is 0 Å². The topological polar surface area (TPSA) is 67.6 Å². The molecule has 2 aliphatic rings. The molecule has 0 bridgehead atoms. The number of likely N-dealkylation sites (tertiary alicyclic amines) is 1. The Bertz CT molecular complexity index is 497. The van der Waals surface area contributed by atoms with E-state index < -0.39 is 0 Å². The molecule has 1 amide bonds. The predicted molar refractivity (Wildman–Crippen MR) is 81.4 cm³/mol. The lowest BCUT2D eigenvalue weighted by Crippen LogP contribution is -2.43. The van der Waals surface area contributed by atoms with Crippen LogP contribution in [0.25, 0.3) is 0 Å². The molecule has 6 nitrogen and oxygen atoms in total. The molecule has 3 rings (SSSR count). The third-order valence-electron chi connectivity index (χ3n) is 4.71. The van der Waals surface area contributed by atoms with Gasteiger partial charge in [0.1, 0.15) is 0 Å². The Hall–Kier alpha value is -1.40. The highest BCUT2D eigenvalue weighted by Crippen LogP contribution is 2.28. The monoisotopic (exact) mass is 307 g/mol. The molecule has 1 atom stereocenters. The van der Waals surface area contributed by atoms with E-state index in [0.717, 1.165) is 44.5 Å². The number of amides is 1. The summed E-state index contributed by atoms with van der Waals surface area (Å²) in [7, 11) is 0. The van der Waals surface area contributed by atoms with Crippen molar-refractivity contribution in [1.29, 1.82) is 0 Å². The lowest BCUT2D eigenvalue weighted by atomic mass is 9.92. The van der Waals surface area contributed by atoms with Gasteiger partial charge in [-0.05, 0) is 31.7 Å². The Balaban J connectivity index is 1.61. The summed E-state index contributed by atoms with van der Waals surface area (Å²) >= 11 is 0. The predicted octanol–water partition coefficient (Wildman–Crippen LogP) is 1.01. The normalized spacial score (nSPS) is 23.7. The van der Waals surface area contributed by atoms with Crippen LogP contribution in [0.1, 0.15) is 37.3 Å². The maximum absolute atomic E-state index is 12.6. The van der Waals surface area contributed by atoms with E-state index in [1.807, 2.05) is 17.2 Å². The SMILES string of the molecule is O=C(C1CCOCC1)N1CCC[C@@H](c2ccn(CCO)n2)C1. The van der Waals surface area contributed by atoms with E-state index >= 15 is 0 Å². The Morgan fingerprint density at radius 1 is 1.36 bits per heavy atom. The Kier molecular flexibility index (Phi) is 5.10. The smallest absolute Gasteiger partial charge is 0.225 e. The van der Waals surface area contributed by atoms with Crippen molar-refractivity contribution in [3.05, 3.63) is 18.0 Å². The summed E-state index contributed by atoms with van der Waals surface area (Å²) < 4.78 is 7.12. The zero-order chi connectivity index (χ0) is 15.4. The van der Waals surface area contributed by atoms with Crippen LogP contribution >= 0.6 is 0 Å². The van der Waals surface area contributed by atoms with Gasteiger partial charge in [0, 0.05) is 44.3 Å². The quantitative estimate of drug-likeness (QED) is 0.901. The maximum Gasteiger partial charge on any atom is 0.225 e. The lowest BCUT2D eigenvalue weighted by Gasteiger charge is -2.35. The van der Waals surface area contributed by atoms with Gasteiger partial charge in [-0.1, -0.05) is 0 Å². The van der Waals surface area contributed by atoms with Gasteiger partial charge in [0.25, 0.3) is 0 Å². The summed E-state index contributed by atoms with van der Waals surface area (Å²) in [6.45, 7) is 3.67. The summed E-state index contributed by atoms with van der Waals surface area (Å²) in [5.41, 5.74) is 1.04. The number of ether oxygens (including phenoxy) is 1. The van der Waals surface area contributed by atoms with Gasteiger partial charge < -0.3 is 14.7 Å². The molecular formula is C16H25N3O3. The first-order valence-corrected chi connectivity index (χ1v) is 8.28. The van der Waals surface area contributed by atoms with E-state index in [1.54, 1.807) is 4.68 Å². The molecule has 6 heteroatoms. The van der Waals surface area contributed by atoms with Crippen molar-refractivity contribution in [2.45, 2.75) is 38.1 Å². The molecule has 3 heterocycles. The summed E-state index contributed by atoms with van der Waals surface area (Å²) in [4.78, 5) is 14.7. The van der Waals surface area contributed by atoms with Crippen molar-refractivity contribution in [3.8, 4) is 0 Å². The molecular weight excluding hydrogens is 282 g/mol. The van der Waals surface area contributed by atoms with Crippen molar-refractivity contribution in [2.24, 2.45) is 5.92 Å². The van der Waals surface area contributed by atoms with E-state index in [4.69, 9.17) is 9.84 Å². The van der Waals surface area contributed by atoms with Gasteiger partial charge in [0.2, 0.25) is 5.91 Å². The van der Waals surface area contributed by atoms with Gasteiger partial charge in [-0.25, -0.2) is 0 Å². The Labute approximate surface area is 131 Å². The molecule has 22 heavy (non-hydrogen) atoms. The molecule has 1 aromatic rings. The van der Waals surface area contributed by atoms with Crippen LogP contribution in [-0.4, -0.2) is 58.6 Å². The van der Waals surface area contributed by atoms with Crippen molar-refractivity contribution in [3.63, 3.8) is 0 Å². The van der Waals surface area contributed by atoms with Crippen LogP contribution in [-0.2, 0) is 16.1 Å². The number of aliphatic hydroxyl groups is 1. The first-order chi connectivity index (χ1) is 10.8. The molecule has 2 saturated heterocycles. The van der Waals surface area contributed by atoms with Gasteiger partial charge in [0.05, 0.1) is 18.8 Å². The van der Waals surface area contributed by atoms with E-state index in [1.165, 1.54) is 0 Å². The Morgan fingerprint density at radius 2 is 2.18 bits per heavy atom. The average molecular weight is 307 g/mol. The number of hydrogen-bond acceptors (Lipinski definition) is 4. The second-order valence-corrected chi connectivity index (χ2v) is 6.24. The van der Waals surface area contributed by atoms with Crippen LogP contribution in [0, 0.1) is 5.92 Å². The summed E-state index contributed by atoms with van der Waals surface area (Å²) in [5, 5.41) is 13.5. The van der Waals surface area contributed by atoms with Gasteiger partial charge in [-0.15, -0.1) is 0 Å². The van der Waals surface area contributed by atoms with Crippen molar-refractivity contribution < 1.29 is 14.6 Å². The first kappa shape index (κ1) is 15.5. The third-order valence-corrected chi connectivity index (χ3v) is 4.71. The highest BCUT2D eigenvalue weighted by atomic mass is 16.5. The molecule has 2 aliphatic heterocycles. The second-order valence-electron chi connectivity index (χ2n) is 6.24. The number of aliphatic hydroxyl groups excluding tert-OH is 1. The lowest BCUT2D eigenvalue weighted by molar-refractivity contribution is -0.139. The van der Waals surface area contributed by atoms with E-state index in [9.17, 15) is 4.79 Å². The van der Waals surface area contributed by atoms with E-state index in [2.05, 4.69) is 5.10 Å². The van der Waals surface area contributed by atoms with Crippen molar-refractivity contribution >= 4 is 5.91 Å². The molecule has 2 fully saturated rings. The van der Waals surface area contributed by atoms with E-state index in [-0.39, 0.29) is 12.5 Å². The van der Waals surface area contributed by atoms with Crippen LogP contribution in [0.5, 0.6) is 0 Å². The first-order valence-electron chi connectivity index (χ1n) is 8.28. The number of piperidine rings is 1. The number of carbonyl (C=O) groups is 1. The fourth-order valence-electron chi connectivity index (χ4n) is 3.44. The second kappa shape index (κ2) is 7.24. The number of rotatable bonds is 4. The minimum atomic E-state index is 0.0974. The fraction of sp³-hybridized carbons (Fsp3) is 0.750. The molecule has 0 spiro atoms. The van der Waals surface area contributed by atoms with Crippen LogP contribution in [0.2, 0.25) is 0 Å². The van der Waals surface area contributed by atoms with Crippen molar-refractivity contribution in [1.82, 2.24) is 14.7 Å². The van der Waals surface area contributed by atoms with Crippen molar-refractivity contribution in [2.75, 3.05) is 32.9 Å². The standard InChI is InChI=1S/C16H25N3O3/c20-9-8-19-7-3-15(17-19)14-2-1-6-18(12-14)16(21)13-4-10-22-11-5-13/h3,7,13-14,20H,1-2,4-6,8-12H2/t14-/m1/s1. The zero-order valence-electron chi connectivity index (χ0n) is 13.0. The van der Waals surface area contributed by atoms with Gasteiger partial charge in [0.15, 0.2) is 0 Å². The minimum Gasteiger partial charge on any atom is -0.394 e. The van der Waals surface area contributed by atoms with Crippen LogP contribution in [0.3, 0.4) is 0 Å². The minimum absolute atomic E-state index is 0.0974. The summed E-state index contributed by atoms with van der Waals surface area (Å²) in [6.07, 6.45) is 5.72. The molecule has 1 N–H and O–H groups in total. The molecule has 122 valence electrons. The zero-order valence-corrected chi connectivity index (χ0v) is 13.0. The maximum atomic E-state index is 12.6. The largest absolute Gasteiger partial charge is 0.394 e. The summed E-state index contributed by atoms with van der Waals surface area (Å²) in [5.74, 6) is 0.750. The number of carbonyl (C=O) groups excluding carboxylic acids is 1. The molecule has 0 aromatic carbocycles. The highest BCUT2D eigenvalue weighted by molar-refractivity contribution is 5.79. The number of nitrogens with zero attached hydrogens (tertiary/aromatic N) is 3. The van der Waals surface area contributed by atoms with Gasteiger partial charge >= 0.3 is 0 Å². The highest BCUT2D eigenvalue weighted by Gasteiger charge is 2.31. The van der Waals surface area contributed by atoms with E-state index in [0.29, 0.717) is 31.6 Å². The average Bonchev–Trinajstić information content (AvgIpc) is 3.04. The molecule has 0 aliphatic carbocycles. The fourth-order valence-corrected chi connectivity index (χ4v) is 3.44. The molecule has 0 unspecified atom stereocenters. The number of aromatic nitrogens is 2. The molecule has 0 saturated carbocycles. The number of hydrogen-bond donors (Lipinski definition) is 1. The Morgan fingerprint density at radius 3 is 2.95 bits per heavy atom. The molecule has 1 aromatic heterocycles. The van der Waals surface area contributed by atoms with Gasteiger partial charge in [-0.2, -0.15) is 5.10 Å².